The van der Waals surface area contributed by atoms with Gasteiger partial charge in [0.25, 0.3) is 0 Å². The van der Waals surface area contributed by atoms with E-state index in [0.29, 0.717) is 0 Å². The molecule has 2 atom stereocenters. The molecule has 0 aliphatic carbocycles. The van der Waals surface area contributed by atoms with E-state index in [-0.39, 0.29) is 11.7 Å². The molecular weight excluding hydrogens is 222 g/mol. The van der Waals surface area contributed by atoms with Crippen molar-refractivity contribution in [1.82, 2.24) is 0 Å². The van der Waals surface area contributed by atoms with E-state index in [1.165, 1.54) is 0 Å². The number of benzene rings is 1. The van der Waals surface area contributed by atoms with E-state index in [2.05, 4.69) is 13.0 Å². The number of rotatable bonds is 7. The van der Waals surface area contributed by atoms with Gasteiger partial charge in [0.05, 0.1) is 6.07 Å². The van der Waals surface area contributed by atoms with Crippen molar-refractivity contribution in [1.29, 1.82) is 5.26 Å². The fraction of sp³-hybridized carbons (Fsp3) is 0.500. The van der Waals surface area contributed by atoms with E-state index in [0.717, 1.165) is 31.2 Å². The van der Waals surface area contributed by atoms with Crippen LogP contribution < -0.4 is 0 Å². The summed E-state index contributed by atoms with van der Waals surface area (Å²) in [7, 11) is 0. The Bertz CT molecular complexity index is 405. The number of ketones is 1. The third-order valence-electron chi connectivity index (χ3n) is 3.35. The summed E-state index contributed by atoms with van der Waals surface area (Å²) in [5.74, 6) is -0.498. The predicted molar refractivity (Wildman–Crippen MR) is 73.1 cm³/mol. The Morgan fingerprint density at radius 3 is 2.44 bits per heavy atom. The van der Waals surface area contributed by atoms with Crippen LogP contribution in [0.25, 0.3) is 0 Å². The van der Waals surface area contributed by atoms with Crippen molar-refractivity contribution < 1.29 is 4.79 Å². The van der Waals surface area contributed by atoms with Gasteiger partial charge < -0.3 is 0 Å². The number of unbranched alkanes of at least 4 members (excludes halogenated alkanes) is 1. The Hall–Kier alpha value is -1.62. The molecule has 0 saturated carbocycles. The highest BCUT2D eigenvalue weighted by atomic mass is 16.1. The van der Waals surface area contributed by atoms with Gasteiger partial charge in [0.15, 0.2) is 5.78 Å². The van der Waals surface area contributed by atoms with Crippen LogP contribution in [0.1, 0.15) is 51.0 Å². The smallest absolute Gasteiger partial charge is 0.157 e. The van der Waals surface area contributed by atoms with E-state index in [1.807, 2.05) is 37.3 Å². The summed E-state index contributed by atoms with van der Waals surface area (Å²) >= 11 is 0. The zero-order chi connectivity index (χ0) is 13.4. The summed E-state index contributed by atoms with van der Waals surface area (Å²) < 4.78 is 0. The van der Waals surface area contributed by atoms with Crippen molar-refractivity contribution >= 4 is 5.78 Å². The highest BCUT2D eigenvalue weighted by molar-refractivity contribution is 5.90. The molecule has 0 saturated heterocycles. The van der Waals surface area contributed by atoms with Gasteiger partial charge >= 0.3 is 0 Å². The molecule has 0 N–H and O–H groups in total. The first-order chi connectivity index (χ1) is 8.74. The Kier molecular flexibility index (Phi) is 6.14. The molecule has 0 heterocycles. The van der Waals surface area contributed by atoms with Crippen LogP contribution in [0.3, 0.4) is 0 Å². The molecule has 2 unspecified atom stereocenters. The second kappa shape index (κ2) is 7.66. The molecule has 0 spiro atoms. The summed E-state index contributed by atoms with van der Waals surface area (Å²) in [5.41, 5.74) is 0.819. The fourth-order valence-electron chi connectivity index (χ4n) is 2.18. The number of nitrogens with zero attached hydrogens (tertiary/aromatic N) is 1. The molecular formula is C16H21NO. The molecule has 96 valence electrons. The quantitative estimate of drug-likeness (QED) is 0.724. The van der Waals surface area contributed by atoms with Crippen molar-refractivity contribution in [2.75, 3.05) is 0 Å². The molecule has 2 nitrogen and oxygen atoms in total. The predicted octanol–water partition coefficient (Wildman–Crippen LogP) is 4.08. The van der Waals surface area contributed by atoms with Crippen LogP contribution in [0.4, 0.5) is 0 Å². The fourth-order valence-corrected chi connectivity index (χ4v) is 2.18. The first-order valence-electron chi connectivity index (χ1n) is 6.72. The molecule has 0 aliphatic heterocycles. The van der Waals surface area contributed by atoms with Gasteiger partial charge in [0.2, 0.25) is 0 Å². The lowest BCUT2D eigenvalue weighted by Crippen LogP contribution is -2.21. The summed E-state index contributed by atoms with van der Waals surface area (Å²) in [6.07, 6.45) is 3.87. The van der Waals surface area contributed by atoms with Crippen molar-refractivity contribution in [3.05, 3.63) is 35.9 Å². The average molecular weight is 243 g/mol. The van der Waals surface area contributed by atoms with Gasteiger partial charge in [-0.2, -0.15) is 5.26 Å². The van der Waals surface area contributed by atoms with Crippen molar-refractivity contribution in [2.45, 2.75) is 45.4 Å². The Labute approximate surface area is 110 Å². The standard InChI is InChI=1S/C16H21NO/c1-3-5-9-13(4-2)16(18)15(12-17)14-10-7-6-8-11-14/h6-8,10-11,13,15H,3-5,9H2,1-2H3. The van der Waals surface area contributed by atoms with E-state index >= 15 is 0 Å². The van der Waals surface area contributed by atoms with E-state index in [1.54, 1.807) is 0 Å². The normalized spacial score (nSPS) is 13.6. The van der Waals surface area contributed by atoms with Crippen LogP contribution in [0.5, 0.6) is 0 Å². The monoisotopic (exact) mass is 243 g/mol. The molecule has 0 radical (unpaired) electrons. The van der Waals surface area contributed by atoms with E-state index < -0.39 is 5.92 Å². The summed E-state index contributed by atoms with van der Waals surface area (Å²) in [6.45, 7) is 4.15. The van der Waals surface area contributed by atoms with E-state index in [9.17, 15) is 10.1 Å². The number of carbonyl (C=O) groups is 1. The molecule has 0 bridgehead atoms. The van der Waals surface area contributed by atoms with Crippen molar-refractivity contribution in [3.8, 4) is 6.07 Å². The molecule has 1 aromatic carbocycles. The van der Waals surface area contributed by atoms with Gasteiger partial charge in [-0.05, 0) is 18.4 Å². The summed E-state index contributed by atoms with van der Waals surface area (Å²) in [6, 6.07) is 11.5. The van der Waals surface area contributed by atoms with Gasteiger partial charge in [-0.3, -0.25) is 4.79 Å². The Morgan fingerprint density at radius 2 is 1.94 bits per heavy atom. The Morgan fingerprint density at radius 1 is 1.28 bits per heavy atom. The second-order valence-electron chi connectivity index (χ2n) is 4.62. The highest BCUT2D eigenvalue weighted by Crippen LogP contribution is 2.24. The maximum absolute atomic E-state index is 12.4. The van der Waals surface area contributed by atoms with Crippen LogP contribution in [0, 0.1) is 17.2 Å². The molecule has 0 amide bonds. The number of nitriles is 1. The van der Waals surface area contributed by atoms with Crippen molar-refractivity contribution in [3.63, 3.8) is 0 Å². The van der Waals surface area contributed by atoms with Crippen LogP contribution >= 0.6 is 0 Å². The molecule has 1 rings (SSSR count). The number of Topliss-reactive ketones (excluding diaryl/α,β-unsaturated/α-hetero) is 1. The highest BCUT2D eigenvalue weighted by Gasteiger charge is 2.26. The number of carbonyl (C=O) groups excluding carboxylic acids is 1. The number of hydrogen-bond donors (Lipinski definition) is 0. The summed E-state index contributed by atoms with van der Waals surface area (Å²) in [4.78, 5) is 12.4. The molecule has 0 aliphatic rings. The maximum Gasteiger partial charge on any atom is 0.157 e. The van der Waals surface area contributed by atoms with Crippen LogP contribution in [0.15, 0.2) is 30.3 Å². The molecule has 0 fully saturated rings. The van der Waals surface area contributed by atoms with Gasteiger partial charge in [-0.15, -0.1) is 0 Å². The van der Waals surface area contributed by atoms with Crippen molar-refractivity contribution in [2.24, 2.45) is 5.92 Å². The minimum atomic E-state index is -0.604. The third kappa shape index (κ3) is 3.70. The SMILES string of the molecule is CCCCC(CC)C(=O)C(C#N)c1ccccc1. The second-order valence-corrected chi connectivity index (χ2v) is 4.62. The van der Waals surface area contributed by atoms with Crippen LogP contribution in [-0.4, -0.2) is 5.78 Å². The Balaban J connectivity index is 2.82. The average Bonchev–Trinajstić information content (AvgIpc) is 2.42. The lowest BCUT2D eigenvalue weighted by molar-refractivity contribution is -0.123. The van der Waals surface area contributed by atoms with Gasteiger partial charge in [-0.25, -0.2) is 0 Å². The topological polar surface area (TPSA) is 40.9 Å². The van der Waals surface area contributed by atoms with Crippen LogP contribution in [-0.2, 0) is 4.79 Å². The largest absolute Gasteiger partial charge is 0.298 e. The molecule has 18 heavy (non-hydrogen) atoms. The minimum Gasteiger partial charge on any atom is -0.298 e. The van der Waals surface area contributed by atoms with Gasteiger partial charge in [0.1, 0.15) is 5.92 Å². The van der Waals surface area contributed by atoms with E-state index in [4.69, 9.17) is 0 Å². The van der Waals surface area contributed by atoms with Gasteiger partial charge in [-0.1, -0.05) is 57.0 Å². The van der Waals surface area contributed by atoms with Crippen LogP contribution in [0.2, 0.25) is 0 Å². The first-order valence-corrected chi connectivity index (χ1v) is 6.72. The zero-order valence-corrected chi connectivity index (χ0v) is 11.2. The maximum atomic E-state index is 12.4. The molecule has 0 aromatic heterocycles. The number of hydrogen-bond acceptors (Lipinski definition) is 2. The minimum absolute atomic E-state index is 0.0230. The third-order valence-corrected chi connectivity index (χ3v) is 3.35. The first kappa shape index (κ1) is 14.4. The summed E-state index contributed by atoms with van der Waals surface area (Å²) in [5, 5.41) is 9.25. The molecule has 2 heteroatoms. The molecule has 1 aromatic rings. The lowest BCUT2D eigenvalue weighted by Gasteiger charge is -2.17. The lowest BCUT2D eigenvalue weighted by atomic mass is 9.84. The van der Waals surface area contributed by atoms with Gasteiger partial charge in [0, 0.05) is 5.92 Å². The zero-order valence-electron chi connectivity index (χ0n) is 11.2.